The molecule has 0 amide bonds. The van der Waals surface area contributed by atoms with Crippen LogP contribution in [0, 0.1) is 6.92 Å². The lowest BCUT2D eigenvalue weighted by Crippen LogP contribution is -2.24. The summed E-state index contributed by atoms with van der Waals surface area (Å²) in [6, 6.07) is 8.16. The topological polar surface area (TPSA) is 45.8 Å². The molecule has 0 fully saturated rings. The van der Waals surface area contributed by atoms with Crippen LogP contribution < -0.4 is 0 Å². The van der Waals surface area contributed by atoms with Gasteiger partial charge in [0.1, 0.15) is 17.1 Å². The number of hydrogen-bond donors (Lipinski definition) is 1. The van der Waals surface area contributed by atoms with Crippen molar-refractivity contribution in [1.82, 2.24) is 4.90 Å². The Hall–Kier alpha value is -1.14. The Balaban J connectivity index is 2.02. The van der Waals surface area contributed by atoms with Gasteiger partial charge < -0.3 is 14.3 Å². The predicted molar refractivity (Wildman–Crippen MR) is 93.6 cm³/mol. The number of nitrogens with zero attached hydrogens (tertiary/aromatic N) is 1. The SMILES string of the molecule is COCCCN(Cc1ccc(C(C)(C)O)o1)Cc1ccc(C)s1. The highest BCUT2D eigenvalue weighted by molar-refractivity contribution is 7.11. The summed E-state index contributed by atoms with van der Waals surface area (Å²) in [7, 11) is 1.73. The van der Waals surface area contributed by atoms with E-state index in [0.29, 0.717) is 5.76 Å². The van der Waals surface area contributed by atoms with Crippen LogP contribution in [0.15, 0.2) is 28.7 Å². The molecule has 2 aromatic heterocycles. The lowest BCUT2D eigenvalue weighted by molar-refractivity contribution is 0.0515. The fraction of sp³-hybridized carbons (Fsp3) is 0.556. The van der Waals surface area contributed by atoms with Gasteiger partial charge in [0.2, 0.25) is 0 Å². The summed E-state index contributed by atoms with van der Waals surface area (Å²) >= 11 is 1.83. The van der Waals surface area contributed by atoms with Crippen molar-refractivity contribution in [2.24, 2.45) is 0 Å². The number of methoxy groups -OCH3 is 1. The molecule has 0 spiro atoms. The summed E-state index contributed by atoms with van der Waals surface area (Å²) in [6.45, 7) is 8.94. The largest absolute Gasteiger partial charge is 0.462 e. The van der Waals surface area contributed by atoms with E-state index in [9.17, 15) is 5.11 Å². The van der Waals surface area contributed by atoms with E-state index in [0.717, 1.165) is 38.4 Å². The van der Waals surface area contributed by atoms with Gasteiger partial charge in [-0.2, -0.15) is 0 Å². The highest BCUT2D eigenvalue weighted by Crippen LogP contribution is 2.24. The maximum atomic E-state index is 10.0. The molecule has 0 saturated carbocycles. The average molecular weight is 337 g/mol. The Morgan fingerprint density at radius 3 is 2.57 bits per heavy atom. The molecular weight excluding hydrogens is 310 g/mol. The number of rotatable bonds is 9. The fourth-order valence-corrected chi connectivity index (χ4v) is 3.38. The Morgan fingerprint density at radius 2 is 2.00 bits per heavy atom. The van der Waals surface area contributed by atoms with Gasteiger partial charge in [0.15, 0.2) is 0 Å². The zero-order valence-electron chi connectivity index (χ0n) is 14.5. The molecule has 0 unspecified atom stereocenters. The van der Waals surface area contributed by atoms with Gasteiger partial charge in [-0.15, -0.1) is 11.3 Å². The van der Waals surface area contributed by atoms with E-state index in [1.807, 2.05) is 23.5 Å². The van der Waals surface area contributed by atoms with Crippen LogP contribution in [0.2, 0.25) is 0 Å². The van der Waals surface area contributed by atoms with E-state index in [4.69, 9.17) is 9.15 Å². The number of furan rings is 1. The summed E-state index contributed by atoms with van der Waals surface area (Å²) in [6.07, 6.45) is 0.986. The van der Waals surface area contributed by atoms with Crippen molar-refractivity contribution >= 4 is 11.3 Å². The van der Waals surface area contributed by atoms with Gasteiger partial charge in [-0.25, -0.2) is 0 Å². The maximum Gasteiger partial charge on any atom is 0.135 e. The van der Waals surface area contributed by atoms with Crippen LogP contribution in [-0.4, -0.2) is 30.3 Å². The van der Waals surface area contributed by atoms with Gasteiger partial charge in [-0.3, -0.25) is 4.90 Å². The number of thiophene rings is 1. The van der Waals surface area contributed by atoms with Crippen molar-refractivity contribution in [1.29, 1.82) is 0 Å². The molecule has 0 aliphatic carbocycles. The second kappa shape index (κ2) is 8.11. The third-order valence-corrected chi connectivity index (χ3v) is 4.63. The first-order valence-corrected chi connectivity index (χ1v) is 8.78. The third-order valence-electron chi connectivity index (χ3n) is 3.64. The molecule has 0 aliphatic heterocycles. The van der Waals surface area contributed by atoms with Crippen LogP contribution in [0.25, 0.3) is 0 Å². The third kappa shape index (κ3) is 5.77. The van der Waals surface area contributed by atoms with E-state index >= 15 is 0 Å². The quantitative estimate of drug-likeness (QED) is 0.705. The van der Waals surface area contributed by atoms with Gasteiger partial charge in [-0.1, -0.05) is 0 Å². The van der Waals surface area contributed by atoms with Crippen LogP contribution in [-0.2, 0) is 23.4 Å². The average Bonchev–Trinajstić information content (AvgIpc) is 3.08. The van der Waals surface area contributed by atoms with Crippen molar-refractivity contribution in [3.8, 4) is 0 Å². The van der Waals surface area contributed by atoms with Crippen LogP contribution in [0.1, 0.15) is 41.5 Å². The molecule has 2 rings (SSSR count). The normalized spacial score (nSPS) is 12.3. The first kappa shape index (κ1) is 18.2. The van der Waals surface area contributed by atoms with E-state index in [1.54, 1.807) is 21.0 Å². The molecule has 0 saturated heterocycles. The van der Waals surface area contributed by atoms with Gasteiger partial charge in [0.05, 0.1) is 6.54 Å². The molecule has 0 radical (unpaired) electrons. The fourth-order valence-electron chi connectivity index (χ4n) is 2.45. The number of aryl methyl sites for hydroxylation is 1. The molecule has 0 bridgehead atoms. The van der Waals surface area contributed by atoms with E-state index in [2.05, 4.69) is 24.0 Å². The Kier molecular flexibility index (Phi) is 6.41. The van der Waals surface area contributed by atoms with Gasteiger partial charge in [-0.05, 0) is 51.5 Å². The van der Waals surface area contributed by atoms with Crippen LogP contribution in [0.3, 0.4) is 0 Å². The minimum atomic E-state index is -0.940. The first-order chi connectivity index (χ1) is 10.9. The summed E-state index contributed by atoms with van der Waals surface area (Å²) < 4.78 is 11.0. The van der Waals surface area contributed by atoms with E-state index in [1.165, 1.54) is 9.75 Å². The number of hydrogen-bond acceptors (Lipinski definition) is 5. The summed E-state index contributed by atoms with van der Waals surface area (Å²) in [5.74, 6) is 1.49. The second-order valence-corrected chi connectivity index (χ2v) is 7.77. The summed E-state index contributed by atoms with van der Waals surface area (Å²) in [5, 5.41) is 10.0. The zero-order valence-corrected chi connectivity index (χ0v) is 15.3. The van der Waals surface area contributed by atoms with Gasteiger partial charge in [0, 0.05) is 36.6 Å². The Labute approximate surface area is 142 Å². The first-order valence-electron chi connectivity index (χ1n) is 7.96. The van der Waals surface area contributed by atoms with Crippen LogP contribution in [0.4, 0.5) is 0 Å². The monoisotopic (exact) mass is 337 g/mol. The lowest BCUT2D eigenvalue weighted by atomic mass is 10.1. The molecule has 0 aromatic carbocycles. The highest BCUT2D eigenvalue weighted by atomic mass is 32.1. The van der Waals surface area contributed by atoms with Crippen molar-refractivity contribution in [3.63, 3.8) is 0 Å². The number of ether oxygens (including phenoxy) is 1. The molecule has 0 aliphatic rings. The Bertz CT molecular complexity index is 597. The van der Waals surface area contributed by atoms with Crippen molar-refractivity contribution in [2.75, 3.05) is 20.3 Å². The van der Waals surface area contributed by atoms with Gasteiger partial charge in [0.25, 0.3) is 0 Å². The standard InChI is InChI=1S/C18H27NO3S/c1-14-6-8-16(23-14)13-19(10-5-11-21-4)12-15-7-9-17(22-15)18(2,3)20/h6-9,20H,5,10-13H2,1-4H3. The lowest BCUT2D eigenvalue weighted by Gasteiger charge is -2.20. The van der Waals surface area contributed by atoms with E-state index in [-0.39, 0.29) is 0 Å². The van der Waals surface area contributed by atoms with Crippen molar-refractivity contribution in [2.45, 2.75) is 45.9 Å². The predicted octanol–water partition coefficient (Wildman–Crippen LogP) is 3.92. The molecular formula is C18H27NO3S. The minimum absolute atomic E-state index is 0.608. The summed E-state index contributed by atoms with van der Waals surface area (Å²) in [4.78, 5) is 5.05. The Morgan fingerprint density at radius 1 is 1.22 bits per heavy atom. The molecule has 4 nitrogen and oxygen atoms in total. The van der Waals surface area contributed by atoms with Gasteiger partial charge >= 0.3 is 0 Å². The molecule has 1 N–H and O–H groups in total. The smallest absolute Gasteiger partial charge is 0.135 e. The zero-order chi connectivity index (χ0) is 16.9. The molecule has 2 heterocycles. The maximum absolute atomic E-state index is 10.0. The molecule has 2 aromatic rings. The van der Waals surface area contributed by atoms with Crippen molar-refractivity contribution in [3.05, 3.63) is 45.5 Å². The van der Waals surface area contributed by atoms with E-state index < -0.39 is 5.60 Å². The van der Waals surface area contributed by atoms with Crippen LogP contribution >= 0.6 is 11.3 Å². The van der Waals surface area contributed by atoms with Crippen LogP contribution in [0.5, 0.6) is 0 Å². The molecule has 128 valence electrons. The minimum Gasteiger partial charge on any atom is -0.462 e. The molecule has 5 heteroatoms. The highest BCUT2D eigenvalue weighted by Gasteiger charge is 2.21. The molecule has 0 atom stereocenters. The number of aliphatic hydroxyl groups is 1. The molecule has 23 heavy (non-hydrogen) atoms. The van der Waals surface area contributed by atoms with Crippen molar-refractivity contribution < 1.29 is 14.3 Å². The summed E-state index contributed by atoms with van der Waals surface area (Å²) in [5.41, 5.74) is -0.940. The second-order valence-electron chi connectivity index (χ2n) is 6.39.